The number of nitriles is 2. The van der Waals surface area contributed by atoms with Crippen molar-refractivity contribution < 1.29 is 0 Å². The zero-order valence-corrected chi connectivity index (χ0v) is 10.1. The molecule has 0 radical (unpaired) electrons. The van der Waals surface area contributed by atoms with Crippen molar-refractivity contribution in [1.29, 1.82) is 10.5 Å². The Balaban J connectivity index is 2.86. The van der Waals surface area contributed by atoms with E-state index < -0.39 is 5.41 Å². The van der Waals surface area contributed by atoms with E-state index in [0.717, 1.165) is 5.56 Å². The van der Waals surface area contributed by atoms with E-state index in [0.29, 0.717) is 12.8 Å². The molecule has 0 aliphatic heterocycles. The van der Waals surface area contributed by atoms with Crippen LogP contribution in [0.3, 0.4) is 0 Å². The summed E-state index contributed by atoms with van der Waals surface area (Å²) in [6, 6.07) is 14.2. The van der Waals surface area contributed by atoms with Crippen LogP contribution >= 0.6 is 0 Å². The van der Waals surface area contributed by atoms with Gasteiger partial charge in [-0.2, -0.15) is 10.5 Å². The Morgan fingerprint density at radius 2 is 1.88 bits per heavy atom. The highest BCUT2D eigenvalue weighted by Crippen LogP contribution is 2.34. The molecule has 1 unspecified atom stereocenters. The molecule has 0 aromatic heterocycles. The van der Waals surface area contributed by atoms with Crippen LogP contribution in [-0.2, 0) is 0 Å². The topological polar surface area (TPSA) is 47.6 Å². The molecule has 86 valence electrons. The van der Waals surface area contributed by atoms with Gasteiger partial charge in [-0.25, -0.2) is 0 Å². The molecule has 0 amide bonds. The molecule has 17 heavy (non-hydrogen) atoms. The predicted molar refractivity (Wildman–Crippen MR) is 67.9 cm³/mol. The van der Waals surface area contributed by atoms with E-state index in [1.807, 2.05) is 37.3 Å². The molecule has 0 N–H and O–H groups in total. The lowest BCUT2D eigenvalue weighted by atomic mass is 9.77. The second-order valence-corrected chi connectivity index (χ2v) is 4.31. The van der Waals surface area contributed by atoms with Crippen LogP contribution in [0.5, 0.6) is 0 Å². The molecule has 0 spiro atoms. The van der Waals surface area contributed by atoms with E-state index in [4.69, 9.17) is 0 Å². The summed E-state index contributed by atoms with van der Waals surface area (Å²) in [6.07, 6.45) is 2.59. The maximum absolute atomic E-state index is 9.18. The van der Waals surface area contributed by atoms with Crippen LogP contribution in [-0.4, -0.2) is 0 Å². The zero-order valence-electron chi connectivity index (χ0n) is 10.1. The van der Waals surface area contributed by atoms with Crippen LogP contribution in [0, 0.1) is 28.1 Å². The molecule has 0 aliphatic carbocycles. The van der Waals surface area contributed by atoms with Gasteiger partial charge in [0.25, 0.3) is 0 Å². The van der Waals surface area contributed by atoms with Crippen molar-refractivity contribution in [2.75, 3.05) is 0 Å². The lowest BCUT2D eigenvalue weighted by Gasteiger charge is -2.21. The Labute approximate surface area is 103 Å². The van der Waals surface area contributed by atoms with Crippen molar-refractivity contribution in [2.24, 2.45) is 5.41 Å². The summed E-state index contributed by atoms with van der Waals surface area (Å²) in [5, 5.41) is 18.4. The highest BCUT2D eigenvalue weighted by molar-refractivity contribution is 5.23. The van der Waals surface area contributed by atoms with Gasteiger partial charge in [0.05, 0.1) is 12.1 Å². The first-order valence-corrected chi connectivity index (χ1v) is 5.66. The maximum atomic E-state index is 9.18. The maximum Gasteiger partial charge on any atom is 0.147 e. The molecule has 1 aromatic carbocycles. The Hall–Kier alpha value is -2.06. The highest BCUT2D eigenvalue weighted by atomic mass is 14.4. The van der Waals surface area contributed by atoms with Gasteiger partial charge in [-0.3, -0.25) is 0 Å². The average molecular weight is 224 g/mol. The first kappa shape index (κ1) is 13.0. The van der Waals surface area contributed by atoms with Crippen LogP contribution in [0.1, 0.15) is 31.2 Å². The van der Waals surface area contributed by atoms with Gasteiger partial charge in [-0.05, 0) is 24.3 Å². The van der Waals surface area contributed by atoms with Gasteiger partial charge in [0.2, 0.25) is 0 Å². The fraction of sp³-hybridized carbons (Fsp3) is 0.333. The second kappa shape index (κ2) is 5.87. The minimum Gasteiger partial charge on any atom is -0.197 e. The third-order valence-electron chi connectivity index (χ3n) is 2.94. The number of rotatable bonds is 5. The van der Waals surface area contributed by atoms with Crippen LogP contribution in [0.4, 0.5) is 0 Å². The summed E-state index contributed by atoms with van der Waals surface area (Å²) in [5.74, 6) is 0.190. The summed E-state index contributed by atoms with van der Waals surface area (Å²) in [5.41, 5.74) is 0.211. The van der Waals surface area contributed by atoms with Gasteiger partial charge >= 0.3 is 0 Å². The quantitative estimate of drug-likeness (QED) is 0.714. The van der Waals surface area contributed by atoms with Gasteiger partial charge in [0, 0.05) is 0 Å². The van der Waals surface area contributed by atoms with E-state index in [-0.39, 0.29) is 5.92 Å². The molecular formula is C15H16N2. The highest BCUT2D eigenvalue weighted by Gasteiger charge is 2.31. The summed E-state index contributed by atoms with van der Waals surface area (Å²) in [6.45, 7) is 5.66. The molecule has 0 fully saturated rings. The van der Waals surface area contributed by atoms with Crippen LogP contribution in [0.15, 0.2) is 43.0 Å². The lowest BCUT2D eigenvalue weighted by molar-refractivity contribution is 0.441. The minimum absolute atomic E-state index is 0.190. The fourth-order valence-corrected chi connectivity index (χ4v) is 1.96. The van der Waals surface area contributed by atoms with E-state index in [1.165, 1.54) is 0 Å². The van der Waals surface area contributed by atoms with Crippen molar-refractivity contribution >= 4 is 0 Å². The predicted octanol–water partition coefficient (Wildman–Crippen LogP) is 3.79. The summed E-state index contributed by atoms with van der Waals surface area (Å²) in [7, 11) is 0. The van der Waals surface area contributed by atoms with Crippen LogP contribution in [0.25, 0.3) is 0 Å². The number of nitrogens with zero attached hydrogens (tertiary/aromatic N) is 2. The van der Waals surface area contributed by atoms with Crippen molar-refractivity contribution in [3.05, 3.63) is 48.6 Å². The van der Waals surface area contributed by atoms with Gasteiger partial charge in [0.15, 0.2) is 0 Å². The van der Waals surface area contributed by atoms with Gasteiger partial charge in [-0.15, -0.1) is 6.58 Å². The number of hydrogen-bond acceptors (Lipinski definition) is 2. The second-order valence-electron chi connectivity index (χ2n) is 4.31. The lowest BCUT2D eigenvalue weighted by Crippen LogP contribution is -2.18. The third-order valence-corrected chi connectivity index (χ3v) is 2.94. The molecule has 1 aromatic rings. The van der Waals surface area contributed by atoms with E-state index in [1.54, 1.807) is 6.08 Å². The summed E-state index contributed by atoms with van der Waals surface area (Å²) in [4.78, 5) is 0. The molecule has 0 saturated carbocycles. The number of allylic oxidation sites excluding steroid dienone is 1. The summed E-state index contributed by atoms with van der Waals surface area (Å²) < 4.78 is 0. The molecule has 1 rings (SSSR count). The van der Waals surface area contributed by atoms with Crippen LogP contribution in [0.2, 0.25) is 0 Å². The molecule has 0 saturated heterocycles. The minimum atomic E-state index is -0.947. The molecule has 0 bridgehead atoms. The third kappa shape index (κ3) is 3.20. The molecular weight excluding hydrogens is 208 g/mol. The Morgan fingerprint density at radius 1 is 1.29 bits per heavy atom. The van der Waals surface area contributed by atoms with Gasteiger partial charge < -0.3 is 0 Å². The van der Waals surface area contributed by atoms with E-state index >= 15 is 0 Å². The largest absolute Gasteiger partial charge is 0.197 e. The zero-order chi connectivity index (χ0) is 12.7. The first-order valence-electron chi connectivity index (χ1n) is 5.66. The fourth-order valence-electron chi connectivity index (χ4n) is 1.96. The monoisotopic (exact) mass is 224 g/mol. The molecule has 0 aliphatic rings. The SMILES string of the molecule is C=CCC(C#N)(C#N)CC(C)c1ccccc1. The van der Waals surface area contributed by atoms with Crippen molar-refractivity contribution in [1.82, 2.24) is 0 Å². The Kier molecular flexibility index (Phi) is 4.49. The number of hydrogen-bond donors (Lipinski definition) is 0. The molecule has 2 nitrogen and oxygen atoms in total. The average Bonchev–Trinajstić information content (AvgIpc) is 2.39. The summed E-state index contributed by atoms with van der Waals surface area (Å²) >= 11 is 0. The van der Waals surface area contributed by atoms with Crippen LogP contribution < -0.4 is 0 Å². The normalized spacial score (nSPS) is 12.2. The smallest absolute Gasteiger partial charge is 0.147 e. The van der Waals surface area contributed by atoms with Gasteiger partial charge in [0.1, 0.15) is 5.41 Å². The van der Waals surface area contributed by atoms with Gasteiger partial charge in [-0.1, -0.05) is 43.3 Å². The van der Waals surface area contributed by atoms with E-state index in [9.17, 15) is 10.5 Å². The molecule has 2 heteroatoms. The Bertz CT molecular complexity index is 434. The van der Waals surface area contributed by atoms with E-state index in [2.05, 4.69) is 18.7 Å². The van der Waals surface area contributed by atoms with Crippen molar-refractivity contribution in [2.45, 2.75) is 25.7 Å². The first-order chi connectivity index (χ1) is 8.17. The molecule has 1 atom stereocenters. The molecule has 0 heterocycles. The van der Waals surface area contributed by atoms with Crippen molar-refractivity contribution in [3.63, 3.8) is 0 Å². The van der Waals surface area contributed by atoms with Crippen molar-refractivity contribution in [3.8, 4) is 12.1 Å². The Morgan fingerprint density at radius 3 is 2.35 bits per heavy atom. The standard InChI is InChI=1S/C15H16N2/c1-3-9-15(11-16,12-17)10-13(2)14-7-5-4-6-8-14/h3-8,13H,1,9-10H2,2H3. The number of benzene rings is 1.